The number of amides is 1. The Bertz CT molecular complexity index is 598. The fraction of sp³-hybridized carbons (Fsp3) is 0.400. The van der Waals surface area contributed by atoms with Gasteiger partial charge in [-0.2, -0.15) is 13.2 Å². The van der Waals surface area contributed by atoms with Gasteiger partial charge in [-0.05, 0) is 0 Å². The number of nitro groups is 1. The number of hydrogen-bond donors (Lipinski definition) is 2. The van der Waals surface area contributed by atoms with Crippen molar-refractivity contribution in [3.05, 3.63) is 38.3 Å². The van der Waals surface area contributed by atoms with Gasteiger partial charge in [0.1, 0.15) is 12.1 Å². The minimum absolute atomic E-state index is 0.189. The highest BCUT2D eigenvalue weighted by Crippen LogP contribution is 2.18. The van der Waals surface area contributed by atoms with E-state index in [1.54, 1.807) is 0 Å². The molecule has 0 atom stereocenters. The standard InChI is InChI=1S/C10H10F3N3O5/c11-10(12,13)5-15(1-2-17)9(19)7-3-6(16(20)21)4-14-8(7)18/h3-4,17H,1-2,5H2,(H,14,18). The van der Waals surface area contributed by atoms with E-state index in [1.165, 1.54) is 0 Å². The molecule has 11 heteroatoms. The Morgan fingerprint density at radius 1 is 1.48 bits per heavy atom. The summed E-state index contributed by atoms with van der Waals surface area (Å²) in [6.07, 6.45) is -4.02. The maximum atomic E-state index is 12.3. The summed E-state index contributed by atoms with van der Waals surface area (Å²) in [6, 6.07) is 0.585. The number of aliphatic hydroxyl groups excluding tert-OH is 1. The Kier molecular flexibility index (Phi) is 5.02. The lowest BCUT2D eigenvalue weighted by atomic mass is 10.2. The average molecular weight is 309 g/mol. The van der Waals surface area contributed by atoms with Gasteiger partial charge >= 0.3 is 6.18 Å². The fourth-order valence-corrected chi connectivity index (χ4v) is 1.50. The molecule has 0 radical (unpaired) electrons. The van der Waals surface area contributed by atoms with Crippen LogP contribution in [0.2, 0.25) is 0 Å². The van der Waals surface area contributed by atoms with Crippen LogP contribution in [0.15, 0.2) is 17.1 Å². The normalized spacial score (nSPS) is 11.2. The van der Waals surface area contributed by atoms with Crippen LogP contribution in [0.1, 0.15) is 10.4 Å². The fourth-order valence-electron chi connectivity index (χ4n) is 1.50. The van der Waals surface area contributed by atoms with E-state index in [1.807, 2.05) is 4.98 Å². The van der Waals surface area contributed by atoms with Crippen molar-refractivity contribution >= 4 is 11.6 Å². The number of rotatable bonds is 5. The van der Waals surface area contributed by atoms with Crippen LogP contribution in [0, 0.1) is 10.1 Å². The number of H-pyrrole nitrogens is 1. The molecular formula is C10H10F3N3O5. The second-order valence-corrected chi connectivity index (χ2v) is 3.92. The third-order valence-corrected chi connectivity index (χ3v) is 2.36. The number of nitrogens with one attached hydrogen (secondary N) is 1. The molecule has 116 valence electrons. The molecule has 1 aromatic heterocycles. The Morgan fingerprint density at radius 2 is 2.10 bits per heavy atom. The van der Waals surface area contributed by atoms with E-state index in [9.17, 15) is 32.9 Å². The molecule has 1 heterocycles. The van der Waals surface area contributed by atoms with Gasteiger partial charge in [0.25, 0.3) is 17.2 Å². The Balaban J connectivity index is 3.17. The lowest BCUT2D eigenvalue weighted by molar-refractivity contribution is -0.385. The van der Waals surface area contributed by atoms with Crippen molar-refractivity contribution in [1.29, 1.82) is 0 Å². The van der Waals surface area contributed by atoms with Gasteiger partial charge in [-0.3, -0.25) is 19.7 Å². The summed E-state index contributed by atoms with van der Waals surface area (Å²) < 4.78 is 37.0. The van der Waals surface area contributed by atoms with E-state index in [0.717, 1.165) is 6.20 Å². The number of aliphatic hydroxyl groups is 1. The Labute approximate surface area is 115 Å². The molecule has 0 fully saturated rings. The summed E-state index contributed by atoms with van der Waals surface area (Å²) in [5.74, 6) is -1.36. The smallest absolute Gasteiger partial charge is 0.395 e. The van der Waals surface area contributed by atoms with Crippen molar-refractivity contribution in [3.63, 3.8) is 0 Å². The summed E-state index contributed by atoms with van der Waals surface area (Å²) in [5, 5.41) is 19.2. The maximum Gasteiger partial charge on any atom is 0.406 e. The van der Waals surface area contributed by atoms with Gasteiger partial charge in [0.05, 0.1) is 17.7 Å². The quantitative estimate of drug-likeness (QED) is 0.598. The Hall–Kier alpha value is -2.43. The van der Waals surface area contributed by atoms with Crippen molar-refractivity contribution in [3.8, 4) is 0 Å². The molecule has 2 N–H and O–H groups in total. The number of alkyl halides is 3. The lowest BCUT2D eigenvalue weighted by Gasteiger charge is -2.22. The molecule has 0 bridgehead atoms. The predicted octanol–water partition coefficient (Wildman–Crippen LogP) is 0.280. The van der Waals surface area contributed by atoms with Gasteiger partial charge in [-0.1, -0.05) is 0 Å². The van der Waals surface area contributed by atoms with Gasteiger partial charge in [0.15, 0.2) is 0 Å². The molecule has 21 heavy (non-hydrogen) atoms. The molecule has 0 saturated carbocycles. The number of aromatic nitrogens is 1. The molecule has 0 aliphatic rings. The second-order valence-electron chi connectivity index (χ2n) is 3.92. The highest BCUT2D eigenvalue weighted by Gasteiger charge is 2.34. The summed E-state index contributed by atoms with van der Waals surface area (Å²) in [6.45, 7) is -3.11. The molecule has 0 aromatic carbocycles. The van der Waals surface area contributed by atoms with Crippen molar-refractivity contribution in [2.75, 3.05) is 19.7 Å². The van der Waals surface area contributed by atoms with Crippen molar-refractivity contribution in [2.45, 2.75) is 6.18 Å². The van der Waals surface area contributed by atoms with Gasteiger partial charge in [-0.15, -0.1) is 0 Å². The SMILES string of the molecule is O=C(c1cc([N+](=O)[O-])c[nH]c1=O)N(CCO)CC(F)(F)F. The van der Waals surface area contributed by atoms with Crippen LogP contribution in [0.25, 0.3) is 0 Å². The van der Waals surface area contributed by atoms with E-state index in [0.29, 0.717) is 6.07 Å². The van der Waals surface area contributed by atoms with E-state index >= 15 is 0 Å². The molecule has 0 aliphatic heterocycles. The number of hydrogen-bond acceptors (Lipinski definition) is 5. The van der Waals surface area contributed by atoms with E-state index < -0.39 is 53.5 Å². The number of carbonyl (C=O) groups excluding carboxylic acids is 1. The predicted molar refractivity (Wildman–Crippen MR) is 62.8 cm³/mol. The number of aromatic amines is 1. The van der Waals surface area contributed by atoms with Crippen LogP contribution in [0.5, 0.6) is 0 Å². The molecule has 1 amide bonds. The Morgan fingerprint density at radius 3 is 2.57 bits per heavy atom. The average Bonchev–Trinajstić information content (AvgIpc) is 2.36. The van der Waals surface area contributed by atoms with Crippen LogP contribution in [0.4, 0.5) is 18.9 Å². The monoisotopic (exact) mass is 309 g/mol. The van der Waals surface area contributed by atoms with Crippen LogP contribution in [-0.2, 0) is 0 Å². The molecule has 1 aromatic rings. The van der Waals surface area contributed by atoms with Crippen molar-refractivity contribution < 1.29 is 28.0 Å². The number of nitrogens with zero attached hydrogens (tertiary/aromatic N) is 2. The molecule has 0 aliphatic carbocycles. The topological polar surface area (TPSA) is 117 Å². The highest BCUT2D eigenvalue weighted by molar-refractivity contribution is 5.94. The first-order valence-corrected chi connectivity index (χ1v) is 5.49. The summed E-state index contributed by atoms with van der Waals surface area (Å²) in [4.78, 5) is 35.1. The molecular weight excluding hydrogens is 299 g/mol. The minimum atomic E-state index is -4.74. The molecule has 0 spiro atoms. The molecule has 0 saturated heterocycles. The highest BCUT2D eigenvalue weighted by atomic mass is 19.4. The molecule has 8 nitrogen and oxygen atoms in total. The van der Waals surface area contributed by atoms with Crippen molar-refractivity contribution in [1.82, 2.24) is 9.88 Å². The third kappa shape index (κ3) is 4.56. The van der Waals surface area contributed by atoms with Gasteiger partial charge in [0, 0.05) is 12.6 Å². The van der Waals surface area contributed by atoms with E-state index in [4.69, 9.17) is 5.11 Å². The summed E-state index contributed by atoms with van der Waals surface area (Å²) in [5.41, 5.74) is -2.51. The van der Waals surface area contributed by atoms with E-state index in [2.05, 4.69) is 0 Å². The second kappa shape index (κ2) is 6.35. The van der Waals surface area contributed by atoms with Gasteiger partial charge in [0.2, 0.25) is 0 Å². The van der Waals surface area contributed by atoms with Gasteiger partial charge < -0.3 is 15.0 Å². The number of pyridine rings is 1. The van der Waals surface area contributed by atoms with Crippen LogP contribution < -0.4 is 5.56 Å². The van der Waals surface area contributed by atoms with Crippen LogP contribution in [-0.4, -0.2) is 51.7 Å². The third-order valence-electron chi connectivity index (χ3n) is 2.36. The zero-order chi connectivity index (χ0) is 16.2. The first-order chi connectivity index (χ1) is 9.65. The zero-order valence-corrected chi connectivity index (χ0v) is 10.4. The van der Waals surface area contributed by atoms with Gasteiger partial charge in [-0.25, -0.2) is 0 Å². The largest absolute Gasteiger partial charge is 0.406 e. The number of halogens is 3. The number of carbonyl (C=O) groups is 1. The maximum absolute atomic E-state index is 12.3. The van der Waals surface area contributed by atoms with E-state index in [-0.39, 0.29) is 4.90 Å². The van der Waals surface area contributed by atoms with Crippen LogP contribution in [0.3, 0.4) is 0 Å². The molecule has 0 unspecified atom stereocenters. The minimum Gasteiger partial charge on any atom is -0.395 e. The first-order valence-electron chi connectivity index (χ1n) is 5.49. The summed E-state index contributed by atoms with van der Waals surface area (Å²) in [7, 11) is 0. The lowest BCUT2D eigenvalue weighted by Crippen LogP contribution is -2.42. The summed E-state index contributed by atoms with van der Waals surface area (Å²) >= 11 is 0. The molecule has 1 rings (SSSR count). The van der Waals surface area contributed by atoms with Crippen LogP contribution >= 0.6 is 0 Å². The first kappa shape index (κ1) is 16.6. The zero-order valence-electron chi connectivity index (χ0n) is 10.4. The van der Waals surface area contributed by atoms with Crippen molar-refractivity contribution in [2.24, 2.45) is 0 Å².